The number of likely N-dealkylation sites (tertiary alicyclic amines) is 1. The lowest BCUT2D eigenvalue weighted by Crippen LogP contribution is -2.59. The fraction of sp³-hybridized carbons (Fsp3) is 0.756. The van der Waals surface area contributed by atoms with E-state index in [1.807, 2.05) is 110 Å². The van der Waals surface area contributed by atoms with Gasteiger partial charge in [0.25, 0.3) is 0 Å². The molecule has 0 aromatic heterocycles. The normalized spacial score (nSPS) is 20.0. The van der Waals surface area contributed by atoms with E-state index in [0.29, 0.717) is 13.0 Å². The average Bonchev–Trinajstić information content (AvgIpc) is 3.61. The van der Waals surface area contributed by atoms with E-state index in [4.69, 9.17) is 9.47 Å². The quantitative estimate of drug-likeness (QED) is 0.203. The zero-order valence-electron chi connectivity index (χ0n) is 35.0. The van der Waals surface area contributed by atoms with E-state index >= 15 is 0 Å². The number of hydrogen-bond donors (Lipinski definition) is 2. The SMILES string of the molecule is CC[C@H](C)[C@@H]([C@@H](CC(=O)N1CCC[C@H]1[C@H](OC)[C@@H](C)C(=O)N(C)[C@H](C)[C@@H](O)c1ccccc1)OC)N(C)C(=O)[C@@H](NC(=O)[C@H](C(C)C)N(C)C)C(C)C. The van der Waals surface area contributed by atoms with Crippen LogP contribution in [-0.2, 0) is 28.7 Å². The summed E-state index contributed by atoms with van der Waals surface area (Å²) in [6.07, 6.45) is 0.175. The highest BCUT2D eigenvalue weighted by molar-refractivity contribution is 5.90. The number of benzene rings is 1. The molecule has 0 spiro atoms. The molecule has 10 atom stereocenters. The molecule has 2 rings (SSSR count). The Kier molecular flexibility index (Phi) is 18.4. The first-order valence-electron chi connectivity index (χ1n) is 19.4. The van der Waals surface area contributed by atoms with Gasteiger partial charge in [0, 0.05) is 34.9 Å². The smallest absolute Gasteiger partial charge is 0.245 e. The average molecular weight is 746 g/mol. The maximum atomic E-state index is 14.2. The van der Waals surface area contributed by atoms with Gasteiger partial charge in [-0.25, -0.2) is 0 Å². The minimum absolute atomic E-state index is 0.0158. The Morgan fingerprint density at radius 2 is 1.49 bits per heavy atom. The Balaban J connectivity index is 2.29. The van der Waals surface area contributed by atoms with E-state index in [0.717, 1.165) is 18.4 Å². The highest BCUT2D eigenvalue weighted by atomic mass is 16.5. The van der Waals surface area contributed by atoms with Crippen LogP contribution in [0.4, 0.5) is 0 Å². The molecule has 2 N–H and O–H groups in total. The zero-order chi connectivity index (χ0) is 40.3. The van der Waals surface area contributed by atoms with Crippen molar-refractivity contribution in [2.24, 2.45) is 23.7 Å². The van der Waals surface area contributed by atoms with E-state index in [1.54, 1.807) is 38.1 Å². The molecule has 1 fully saturated rings. The van der Waals surface area contributed by atoms with Gasteiger partial charge in [0.2, 0.25) is 23.6 Å². The second-order valence-corrected chi connectivity index (χ2v) is 16.0. The van der Waals surface area contributed by atoms with Crippen LogP contribution >= 0.6 is 0 Å². The van der Waals surface area contributed by atoms with Crippen molar-refractivity contribution in [3.8, 4) is 0 Å². The molecule has 12 heteroatoms. The van der Waals surface area contributed by atoms with Crippen LogP contribution in [0.25, 0.3) is 0 Å². The molecule has 53 heavy (non-hydrogen) atoms. The van der Waals surface area contributed by atoms with E-state index in [9.17, 15) is 24.3 Å². The van der Waals surface area contributed by atoms with Gasteiger partial charge in [-0.15, -0.1) is 0 Å². The fourth-order valence-corrected chi connectivity index (χ4v) is 8.07. The molecule has 1 aromatic rings. The van der Waals surface area contributed by atoms with E-state index in [2.05, 4.69) is 5.32 Å². The van der Waals surface area contributed by atoms with Crippen molar-refractivity contribution in [2.75, 3.05) is 49.0 Å². The van der Waals surface area contributed by atoms with Crippen LogP contribution in [-0.4, -0.2) is 140 Å². The third kappa shape index (κ3) is 11.5. The highest BCUT2D eigenvalue weighted by Crippen LogP contribution is 2.31. The van der Waals surface area contributed by atoms with E-state index in [1.165, 1.54) is 0 Å². The number of amides is 4. The van der Waals surface area contributed by atoms with E-state index < -0.39 is 48.4 Å². The summed E-state index contributed by atoms with van der Waals surface area (Å²) in [6.45, 7) is 16.1. The molecule has 1 aliphatic rings. The Morgan fingerprint density at radius 1 is 0.887 bits per heavy atom. The van der Waals surface area contributed by atoms with Crippen LogP contribution < -0.4 is 5.32 Å². The van der Waals surface area contributed by atoms with Gasteiger partial charge >= 0.3 is 0 Å². The molecule has 1 heterocycles. The number of carbonyl (C=O) groups excluding carboxylic acids is 4. The second-order valence-electron chi connectivity index (χ2n) is 16.0. The third-order valence-electron chi connectivity index (χ3n) is 11.5. The van der Waals surface area contributed by atoms with Gasteiger partial charge in [-0.2, -0.15) is 0 Å². The number of hydrogen-bond acceptors (Lipinski definition) is 8. The number of aliphatic hydroxyl groups excluding tert-OH is 1. The molecule has 0 unspecified atom stereocenters. The van der Waals surface area contributed by atoms with Crippen LogP contribution in [0, 0.1) is 23.7 Å². The summed E-state index contributed by atoms with van der Waals surface area (Å²) in [5, 5.41) is 14.1. The Morgan fingerprint density at radius 3 is 1.98 bits per heavy atom. The Bertz CT molecular complexity index is 1300. The van der Waals surface area contributed by atoms with Crippen molar-refractivity contribution in [1.82, 2.24) is 24.9 Å². The lowest BCUT2D eigenvalue weighted by molar-refractivity contribution is -0.150. The first-order valence-corrected chi connectivity index (χ1v) is 19.4. The van der Waals surface area contributed by atoms with Crippen LogP contribution in [0.15, 0.2) is 30.3 Å². The minimum Gasteiger partial charge on any atom is -0.386 e. The molecule has 0 saturated carbocycles. The van der Waals surface area contributed by atoms with Crippen molar-refractivity contribution in [3.05, 3.63) is 35.9 Å². The van der Waals surface area contributed by atoms with Gasteiger partial charge in [-0.3, -0.25) is 24.1 Å². The molecule has 0 radical (unpaired) electrons. The van der Waals surface area contributed by atoms with Crippen molar-refractivity contribution in [3.63, 3.8) is 0 Å². The minimum atomic E-state index is -0.862. The lowest BCUT2D eigenvalue weighted by atomic mass is 9.89. The summed E-state index contributed by atoms with van der Waals surface area (Å²) in [5.41, 5.74) is 0.729. The van der Waals surface area contributed by atoms with E-state index in [-0.39, 0.29) is 53.8 Å². The van der Waals surface area contributed by atoms with Crippen LogP contribution in [0.1, 0.15) is 92.7 Å². The summed E-state index contributed by atoms with van der Waals surface area (Å²) in [4.78, 5) is 62.6. The number of carbonyl (C=O) groups is 4. The molecule has 0 aliphatic carbocycles. The number of ether oxygens (including phenoxy) is 2. The topological polar surface area (TPSA) is 132 Å². The lowest BCUT2D eigenvalue weighted by Gasteiger charge is -2.41. The fourth-order valence-electron chi connectivity index (χ4n) is 8.07. The second kappa shape index (κ2) is 21.1. The molecule has 0 bridgehead atoms. The first-order chi connectivity index (χ1) is 24.8. The summed E-state index contributed by atoms with van der Waals surface area (Å²) in [7, 11) is 10.3. The van der Waals surface area contributed by atoms with Gasteiger partial charge in [0.1, 0.15) is 6.04 Å². The monoisotopic (exact) mass is 746 g/mol. The van der Waals surface area contributed by atoms with Crippen LogP contribution in [0.5, 0.6) is 0 Å². The summed E-state index contributed by atoms with van der Waals surface area (Å²) in [5.74, 6) is -1.46. The van der Waals surface area contributed by atoms with Crippen molar-refractivity contribution >= 4 is 23.6 Å². The standard InChI is InChI=1S/C41H71N5O7/c1-15-27(6)36(45(12)41(51)34(25(2)3)42-39(49)35(26(4)5)43(9)10)32(52-13)24-33(47)46-23-19-22-31(46)38(53-14)28(7)40(50)44(11)29(8)37(48)30-20-17-16-18-21-30/h16-18,20-21,25-29,31-32,34-38,48H,15,19,22-24H2,1-14H3,(H,42,49)/t27-,28+,29+,31-,32+,34-,35-,36-,37+,38+/m0/s1. The Labute approximate surface area is 319 Å². The molecular formula is C41H71N5O7. The Hall–Kier alpha value is -3.06. The predicted octanol–water partition coefficient (Wildman–Crippen LogP) is 4.21. The molecular weight excluding hydrogens is 674 g/mol. The number of rotatable bonds is 20. The number of methoxy groups -OCH3 is 2. The van der Waals surface area contributed by atoms with Crippen LogP contribution in [0.2, 0.25) is 0 Å². The molecule has 12 nitrogen and oxygen atoms in total. The van der Waals surface area contributed by atoms with Crippen molar-refractivity contribution < 1.29 is 33.8 Å². The maximum absolute atomic E-state index is 14.2. The molecule has 1 aliphatic heterocycles. The molecule has 4 amide bonds. The first kappa shape index (κ1) is 46.1. The van der Waals surface area contributed by atoms with Gasteiger partial charge in [-0.05, 0) is 57.2 Å². The molecule has 302 valence electrons. The highest BCUT2D eigenvalue weighted by Gasteiger charge is 2.44. The predicted molar refractivity (Wildman–Crippen MR) is 209 cm³/mol. The number of aliphatic hydroxyl groups is 1. The largest absolute Gasteiger partial charge is 0.386 e. The van der Waals surface area contributed by atoms with Gasteiger partial charge in [0.05, 0.1) is 54.8 Å². The van der Waals surface area contributed by atoms with Crippen molar-refractivity contribution in [1.29, 1.82) is 0 Å². The number of nitrogens with zero attached hydrogens (tertiary/aromatic N) is 4. The molecule has 1 aromatic carbocycles. The number of likely N-dealkylation sites (N-methyl/N-ethyl adjacent to an activating group) is 3. The third-order valence-corrected chi connectivity index (χ3v) is 11.5. The van der Waals surface area contributed by atoms with Gasteiger partial charge in [-0.1, -0.05) is 85.2 Å². The summed E-state index contributed by atoms with van der Waals surface area (Å²) >= 11 is 0. The summed E-state index contributed by atoms with van der Waals surface area (Å²) < 4.78 is 12.0. The maximum Gasteiger partial charge on any atom is 0.245 e. The number of nitrogens with one attached hydrogen (secondary N) is 1. The molecule has 1 saturated heterocycles. The van der Waals surface area contributed by atoms with Crippen LogP contribution in [0.3, 0.4) is 0 Å². The van der Waals surface area contributed by atoms with Gasteiger partial charge < -0.3 is 34.6 Å². The van der Waals surface area contributed by atoms with Gasteiger partial charge in [0.15, 0.2) is 0 Å². The zero-order valence-corrected chi connectivity index (χ0v) is 35.0. The van der Waals surface area contributed by atoms with Crippen molar-refractivity contribution in [2.45, 2.75) is 130 Å². The summed E-state index contributed by atoms with van der Waals surface area (Å²) in [6, 6.07) is 6.85.